The Kier molecular flexibility index (Phi) is 5.73. The van der Waals surface area contributed by atoms with E-state index in [1.54, 1.807) is 7.11 Å². The number of benzene rings is 1. The Labute approximate surface area is 126 Å². The zero-order valence-electron chi connectivity index (χ0n) is 11.8. The molecule has 2 aromatic rings. The first-order chi connectivity index (χ1) is 9.85. The summed E-state index contributed by atoms with van der Waals surface area (Å²) in [4.78, 5) is 4.40. The summed E-state index contributed by atoms with van der Waals surface area (Å²) in [7, 11) is 1.66. The molecule has 0 spiro atoms. The Morgan fingerprint density at radius 1 is 1.35 bits per heavy atom. The number of hydrogen-bond donors (Lipinski definition) is 0. The zero-order valence-corrected chi connectivity index (χ0v) is 13.5. The third-order valence-electron chi connectivity index (χ3n) is 2.75. The number of hydrogen-bond acceptors (Lipinski definition) is 2. The van der Waals surface area contributed by atoms with Crippen molar-refractivity contribution in [2.24, 2.45) is 0 Å². The van der Waals surface area contributed by atoms with Gasteiger partial charge >= 0.3 is 126 Å². The average Bonchev–Trinajstić information content (AvgIpc) is 2.93. The van der Waals surface area contributed by atoms with Crippen LogP contribution in [0.3, 0.4) is 0 Å². The second kappa shape index (κ2) is 7.79. The van der Waals surface area contributed by atoms with Gasteiger partial charge in [0, 0.05) is 0 Å². The summed E-state index contributed by atoms with van der Waals surface area (Å²) in [5.74, 6) is 3.96. The summed E-state index contributed by atoms with van der Waals surface area (Å²) in [5.41, 5.74) is 0.899. The minimum atomic E-state index is 0.398. The van der Waals surface area contributed by atoms with E-state index in [1.165, 1.54) is 18.2 Å². The van der Waals surface area contributed by atoms with Crippen LogP contribution < -0.4 is 9.46 Å². The summed E-state index contributed by atoms with van der Waals surface area (Å²) in [6.45, 7) is 2.21. The fourth-order valence-corrected chi connectivity index (χ4v) is 3.75. The van der Waals surface area contributed by atoms with E-state index in [0.717, 1.165) is 16.0 Å². The summed E-state index contributed by atoms with van der Waals surface area (Å²) < 4.78 is 8.33. The molecule has 0 fully saturated rings. The van der Waals surface area contributed by atoms with Gasteiger partial charge in [-0.25, -0.2) is 0 Å². The molecule has 20 heavy (non-hydrogen) atoms. The topological polar surface area (TPSA) is 27.1 Å². The molecule has 0 saturated heterocycles. The van der Waals surface area contributed by atoms with Gasteiger partial charge in [0.25, 0.3) is 0 Å². The van der Waals surface area contributed by atoms with E-state index in [2.05, 4.69) is 23.9 Å². The predicted octanol–water partition coefficient (Wildman–Crippen LogP) is 2.30. The van der Waals surface area contributed by atoms with E-state index < -0.39 is 0 Å². The number of nitrogens with zero attached hydrogens (tertiary/aromatic N) is 2. The average molecular weight is 333 g/mol. The zero-order chi connectivity index (χ0) is 14.2. The van der Waals surface area contributed by atoms with Crippen molar-refractivity contribution in [2.45, 2.75) is 25.1 Å². The van der Waals surface area contributed by atoms with Crippen molar-refractivity contribution in [2.75, 3.05) is 7.11 Å². The first-order valence-electron chi connectivity index (χ1n) is 6.66. The fourth-order valence-electron chi connectivity index (χ4n) is 1.66. The van der Waals surface area contributed by atoms with Crippen LogP contribution in [0.2, 0.25) is 5.32 Å². The van der Waals surface area contributed by atoms with Crippen molar-refractivity contribution in [3.05, 3.63) is 42.2 Å². The standard InChI is InChI=1S/C16H18N2OSe/c1-3-4-13-20-16-17-10-12-18(16)11-9-14-7-5-6-8-15(14)19-2/h5-8,10,12H,3-4,13H2,1-2H3. The van der Waals surface area contributed by atoms with Gasteiger partial charge in [-0.15, -0.1) is 0 Å². The quantitative estimate of drug-likeness (QED) is 0.477. The molecule has 2 rings (SSSR count). The van der Waals surface area contributed by atoms with Gasteiger partial charge in [-0.1, -0.05) is 0 Å². The molecule has 1 heterocycles. The fraction of sp³-hybridized carbons (Fsp3) is 0.312. The van der Waals surface area contributed by atoms with Crippen LogP contribution in [-0.4, -0.2) is 31.6 Å². The number of para-hydroxylation sites is 1. The first kappa shape index (κ1) is 14.7. The van der Waals surface area contributed by atoms with Gasteiger partial charge in [-0.05, 0) is 0 Å². The second-order valence-electron chi connectivity index (χ2n) is 4.22. The number of methoxy groups -OCH3 is 1. The van der Waals surface area contributed by atoms with Crippen molar-refractivity contribution in [1.82, 2.24) is 9.55 Å². The van der Waals surface area contributed by atoms with Crippen molar-refractivity contribution >= 4 is 19.7 Å². The second-order valence-corrected chi connectivity index (χ2v) is 6.45. The minimum absolute atomic E-state index is 0.398. The molecule has 0 atom stereocenters. The Hall–Kier alpha value is -1.69. The summed E-state index contributed by atoms with van der Waals surface area (Å²) in [5, 5.41) is 1.22. The normalized spacial score (nSPS) is 9.90. The molecule has 0 amide bonds. The van der Waals surface area contributed by atoms with Gasteiger partial charge in [0.15, 0.2) is 0 Å². The van der Waals surface area contributed by atoms with Crippen molar-refractivity contribution < 1.29 is 4.74 Å². The van der Waals surface area contributed by atoms with Crippen molar-refractivity contribution in [3.8, 4) is 17.7 Å². The Balaban J connectivity index is 2.14. The number of rotatable bonds is 5. The summed E-state index contributed by atoms with van der Waals surface area (Å²) in [6, 6.07) is 10.9. The molecule has 1 aromatic carbocycles. The summed E-state index contributed by atoms with van der Waals surface area (Å²) >= 11 is 0.398. The molecule has 0 bridgehead atoms. The SMILES string of the molecule is CCCC[Se]c1nccn1C#Cc1ccccc1OC. The number of ether oxygens (including phenoxy) is 1. The number of aromatic nitrogens is 2. The molecule has 1 aromatic heterocycles. The molecule has 0 aliphatic carbocycles. The van der Waals surface area contributed by atoms with Crippen LogP contribution in [0, 0.1) is 12.0 Å². The molecule has 0 radical (unpaired) electrons. The third kappa shape index (κ3) is 3.90. The van der Waals surface area contributed by atoms with E-state index in [-0.39, 0.29) is 0 Å². The van der Waals surface area contributed by atoms with Gasteiger partial charge in [0.05, 0.1) is 0 Å². The van der Waals surface area contributed by atoms with E-state index in [1.807, 2.05) is 41.2 Å². The third-order valence-corrected chi connectivity index (χ3v) is 4.96. The van der Waals surface area contributed by atoms with Gasteiger partial charge in [0.1, 0.15) is 0 Å². The van der Waals surface area contributed by atoms with Gasteiger partial charge < -0.3 is 0 Å². The van der Waals surface area contributed by atoms with Crippen LogP contribution in [0.5, 0.6) is 5.75 Å². The maximum absolute atomic E-state index is 5.30. The van der Waals surface area contributed by atoms with Crippen LogP contribution in [0.1, 0.15) is 25.3 Å². The van der Waals surface area contributed by atoms with Crippen molar-refractivity contribution in [1.29, 1.82) is 0 Å². The molecule has 0 aliphatic heterocycles. The molecule has 0 aliphatic rings. The summed E-state index contributed by atoms with van der Waals surface area (Å²) in [6.07, 6.45) is 6.23. The van der Waals surface area contributed by atoms with E-state index in [4.69, 9.17) is 4.74 Å². The molecule has 0 N–H and O–H groups in total. The molecular weight excluding hydrogens is 315 g/mol. The van der Waals surface area contributed by atoms with Gasteiger partial charge in [0.2, 0.25) is 0 Å². The Morgan fingerprint density at radius 3 is 3.00 bits per heavy atom. The Morgan fingerprint density at radius 2 is 2.20 bits per heavy atom. The van der Waals surface area contributed by atoms with Gasteiger partial charge in [-0.3, -0.25) is 0 Å². The Bertz CT molecular complexity index is 610. The van der Waals surface area contributed by atoms with Crippen molar-refractivity contribution in [3.63, 3.8) is 0 Å². The molecule has 0 saturated carbocycles. The van der Waals surface area contributed by atoms with E-state index >= 15 is 0 Å². The molecular formula is C16H18N2OSe. The number of unbranched alkanes of at least 4 members (excludes halogenated alkanes) is 1. The van der Waals surface area contributed by atoms with Crippen LogP contribution in [0.15, 0.2) is 36.7 Å². The predicted molar refractivity (Wildman–Crippen MR) is 82.6 cm³/mol. The van der Waals surface area contributed by atoms with Crippen LogP contribution in [0.4, 0.5) is 0 Å². The maximum atomic E-state index is 5.30. The molecule has 3 nitrogen and oxygen atoms in total. The van der Waals surface area contributed by atoms with E-state index in [0.29, 0.717) is 15.0 Å². The first-order valence-corrected chi connectivity index (χ1v) is 8.73. The molecule has 0 unspecified atom stereocenters. The van der Waals surface area contributed by atoms with Crippen LogP contribution >= 0.6 is 0 Å². The van der Waals surface area contributed by atoms with E-state index in [9.17, 15) is 0 Å². The van der Waals surface area contributed by atoms with Gasteiger partial charge in [-0.2, -0.15) is 0 Å². The molecule has 104 valence electrons. The monoisotopic (exact) mass is 334 g/mol. The molecule has 4 heteroatoms. The van der Waals surface area contributed by atoms with Crippen LogP contribution in [-0.2, 0) is 0 Å². The van der Waals surface area contributed by atoms with Crippen LogP contribution in [0.25, 0.3) is 0 Å². The number of imidazole rings is 1.